The predicted molar refractivity (Wildman–Crippen MR) is 77.1 cm³/mol. The molecule has 1 aliphatic rings. The summed E-state index contributed by atoms with van der Waals surface area (Å²) in [6.07, 6.45) is -1.08. The molecule has 9 heteroatoms. The van der Waals surface area contributed by atoms with E-state index >= 15 is 0 Å². The summed E-state index contributed by atoms with van der Waals surface area (Å²) in [6.45, 7) is 4.49. The highest BCUT2D eigenvalue weighted by atomic mass is 35.5. The van der Waals surface area contributed by atoms with Crippen LogP contribution in [0.15, 0.2) is 18.2 Å². The van der Waals surface area contributed by atoms with Gasteiger partial charge in [0.1, 0.15) is 17.5 Å². The van der Waals surface area contributed by atoms with Crippen LogP contribution in [0, 0.1) is 5.82 Å². The molecule has 0 unspecified atom stereocenters. The van der Waals surface area contributed by atoms with Crippen molar-refractivity contribution in [1.29, 1.82) is 0 Å². The Kier molecular flexibility index (Phi) is 4.38. The summed E-state index contributed by atoms with van der Waals surface area (Å²) in [5, 5.41) is -0.102. The molecule has 0 saturated carbocycles. The molecule has 1 fully saturated rings. The van der Waals surface area contributed by atoms with Gasteiger partial charge in [-0.2, -0.15) is 12.7 Å². The lowest BCUT2D eigenvalue weighted by Crippen LogP contribution is -2.39. The fourth-order valence-electron chi connectivity index (χ4n) is 1.91. The van der Waals surface area contributed by atoms with E-state index in [0.717, 1.165) is 6.07 Å². The minimum Gasteiger partial charge on any atom is -0.443 e. The molecule has 0 bridgehead atoms. The first-order chi connectivity index (χ1) is 10.0. The standard InChI is InChI=1S/C13H15ClFNO5S/c1-13(2,3)21-12(17)16-11(7-20-22(16,18)19)8-4-5-9(14)10(15)6-8/h4-6,11H,7H2,1-3H3/t11-/m1/s1. The van der Waals surface area contributed by atoms with Gasteiger partial charge in [0.2, 0.25) is 0 Å². The van der Waals surface area contributed by atoms with Crippen LogP contribution in [-0.4, -0.2) is 31.0 Å². The monoisotopic (exact) mass is 351 g/mol. The molecule has 0 N–H and O–H groups in total. The number of carbonyl (C=O) groups excluding carboxylic acids is 1. The molecule has 1 aromatic rings. The van der Waals surface area contributed by atoms with Crippen molar-refractivity contribution in [2.24, 2.45) is 0 Å². The molecule has 0 aliphatic carbocycles. The number of benzene rings is 1. The van der Waals surface area contributed by atoms with Crippen LogP contribution in [0.5, 0.6) is 0 Å². The molecule has 2 rings (SSSR count). The van der Waals surface area contributed by atoms with E-state index < -0.39 is 33.9 Å². The average molecular weight is 352 g/mol. The zero-order chi connectivity index (χ0) is 16.7. The van der Waals surface area contributed by atoms with Gasteiger partial charge in [-0.05, 0) is 38.5 Å². The van der Waals surface area contributed by atoms with Crippen LogP contribution < -0.4 is 0 Å². The lowest BCUT2D eigenvalue weighted by Gasteiger charge is -2.26. The van der Waals surface area contributed by atoms with Crippen LogP contribution in [0.25, 0.3) is 0 Å². The number of ether oxygens (including phenoxy) is 1. The number of rotatable bonds is 1. The molecule has 1 aliphatic heterocycles. The maximum atomic E-state index is 13.6. The van der Waals surface area contributed by atoms with Crippen LogP contribution >= 0.6 is 11.6 Å². The largest absolute Gasteiger partial charge is 0.443 e. The van der Waals surface area contributed by atoms with Gasteiger partial charge in [-0.1, -0.05) is 17.7 Å². The minimum absolute atomic E-state index is 0.102. The van der Waals surface area contributed by atoms with Crippen LogP contribution in [0.1, 0.15) is 32.4 Å². The van der Waals surface area contributed by atoms with Crippen molar-refractivity contribution in [3.8, 4) is 0 Å². The smallest absolute Gasteiger partial charge is 0.426 e. The highest BCUT2D eigenvalue weighted by Crippen LogP contribution is 2.34. The van der Waals surface area contributed by atoms with E-state index in [1.54, 1.807) is 20.8 Å². The number of nitrogens with zero attached hydrogens (tertiary/aromatic N) is 1. The van der Waals surface area contributed by atoms with E-state index in [-0.39, 0.29) is 17.2 Å². The molecule has 1 atom stereocenters. The molecule has 22 heavy (non-hydrogen) atoms. The van der Waals surface area contributed by atoms with E-state index in [1.807, 2.05) is 0 Å². The zero-order valence-electron chi connectivity index (χ0n) is 12.2. The van der Waals surface area contributed by atoms with Crippen molar-refractivity contribution in [3.63, 3.8) is 0 Å². The molecule has 6 nitrogen and oxygen atoms in total. The molecule has 1 amide bonds. The van der Waals surface area contributed by atoms with Crippen LogP contribution in [0.2, 0.25) is 5.02 Å². The fraction of sp³-hybridized carbons (Fsp3) is 0.462. The third-order valence-corrected chi connectivity index (χ3v) is 4.43. The van der Waals surface area contributed by atoms with E-state index in [1.165, 1.54) is 12.1 Å². The first kappa shape index (κ1) is 17.0. The van der Waals surface area contributed by atoms with Gasteiger partial charge in [0.15, 0.2) is 0 Å². The second-order valence-corrected chi connectivity index (χ2v) is 7.60. The van der Waals surface area contributed by atoms with Gasteiger partial charge in [0.05, 0.1) is 11.6 Å². The summed E-state index contributed by atoms with van der Waals surface area (Å²) >= 11 is 5.60. The lowest BCUT2D eigenvalue weighted by atomic mass is 10.1. The molecule has 1 aromatic carbocycles. The highest BCUT2D eigenvalue weighted by Gasteiger charge is 2.45. The van der Waals surface area contributed by atoms with E-state index in [0.29, 0.717) is 4.31 Å². The van der Waals surface area contributed by atoms with Gasteiger partial charge in [-0.15, -0.1) is 0 Å². The minimum atomic E-state index is -4.28. The van der Waals surface area contributed by atoms with Crippen molar-refractivity contribution in [2.45, 2.75) is 32.4 Å². The topological polar surface area (TPSA) is 72.9 Å². The van der Waals surface area contributed by atoms with Gasteiger partial charge in [0.25, 0.3) is 0 Å². The van der Waals surface area contributed by atoms with Gasteiger partial charge in [-0.25, -0.2) is 9.18 Å². The average Bonchev–Trinajstić information content (AvgIpc) is 2.66. The number of hydrogen-bond acceptors (Lipinski definition) is 5. The Bertz CT molecular complexity index is 701. The first-order valence-electron chi connectivity index (χ1n) is 6.38. The quantitative estimate of drug-likeness (QED) is 0.777. The second kappa shape index (κ2) is 5.68. The van der Waals surface area contributed by atoms with Gasteiger partial charge in [-0.3, -0.25) is 4.18 Å². The second-order valence-electron chi connectivity index (χ2n) is 5.71. The Labute approximate surface area is 133 Å². The van der Waals surface area contributed by atoms with E-state index in [9.17, 15) is 17.6 Å². The summed E-state index contributed by atoms with van der Waals surface area (Å²) in [5.74, 6) is -0.715. The molecular weight excluding hydrogens is 337 g/mol. The molecule has 0 spiro atoms. The van der Waals surface area contributed by atoms with Gasteiger partial charge in [0, 0.05) is 0 Å². The number of amides is 1. The molecule has 122 valence electrons. The van der Waals surface area contributed by atoms with Crippen LogP contribution in [0.3, 0.4) is 0 Å². The Morgan fingerprint density at radius 3 is 2.64 bits per heavy atom. The normalized spacial score (nSPS) is 21.0. The maximum Gasteiger partial charge on any atom is 0.426 e. The third kappa shape index (κ3) is 3.50. The number of carbonyl (C=O) groups is 1. The Morgan fingerprint density at radius 2 is 2.09 bits per heavy atom. The molecule has 0 aromatic heterocycles. The first-order valence-corrected chi connectivity index (χ1v) is 8.12. The van der Waals surface area contributed by atoms with Crippen LogP contribution in [-0.2, 0) is 19.2 Å². The van der Waals surface area contributed by atoms with Crippen LogP contribution in [0.4, 0.5) is 9.18 Å². The summed E-state index contributed by atoms with van der Waals surface area (Å²) in [7, 11) is -4.28. The van der Waals surface area contributed by atoms with Gasteiger partial charge >= 0.3 is 16.4 Å². The van der Waals surface area contributed by atoms with E-state index in [2.05, 4.69) is 4.18 Å². The summed E-state index contributed by atoms with van der Waals surface area (Å²) in [5.41, 5.74) is -0.640. The molecule has 1 saturated heterocycles. The van der Waals surface area contributed by atoms with Crippen molar-refractivity contribution in [3.05, 3.63) is 34.6 Å². The number of halogens is 2. The molecule has 0 radical (unpaired) electrons. The SMILES string of the molecule is CC(C)(C)OC(=O)N1[C@@H](c2ccc(Cl)c(F)c2)COS1(=O)=O. The molecule has 1 heterocycles. The maximum absolute atomic E-state index is 13.6. The predicted octanol–water partition coefficient (Wildman–Crippen LogP) is 3.03. The lowest BCUT2D eigenvalue weighted by molar-refractivity contribution is 0.0356. The summed E-state index contributed by atoms with van der Waals surface area (Å²) in [4.78, 5) is 12.1. The zero-order valence-corrected chi connectivity index (χ0v) is 13.7. The third-order valence-electron chi connectivity index (χ3n) is 2.80. The summed E-state index contributed by atoms with van der Waals surface area (Å²) < 4.78 is 47.6. The fourth-order valence-corrected chi connectivity index (χ4v) is 3.15. The molecular formula is C13H15ClFNO5S. The van der Waals surface area contributed by atoms with Crippen molar-refractivity contribution < 1.29 is 26.5 Å². The van der Waals surface area contributed by atoms with Crippen molar-refractivity contribution in [1.82, 2.24) is 4.31 Å². The highest BCUT2D eigenvalue weighted by molar-refractivity contribution is 7.85. The van der Waals surface area contributed by atoms with Gasteiger partial charge < -0.3 is 4.74 Å². The Morgan fingerprint density at radius 1 is 1.45 bits per heavy atom. The van der Waals surface area contributed by atoms with E-state index in [4.69, 9.17) is 16.3 Å². The Hall–Kier alpha value is -1.38. The van der Waals surface area contributed by atoms with Crippen molar-refractivity contribution >= 4 is 28.0 Å². The number of hydrogen-bond donors (Lipinski definition) is 0. The Balaban J connectivity index is 2.38. The summed E-state index contributed by atoms with van der Waals surface area (Å²) in [6, 6.07) is 2.77. The van der Waals surface area contributed by atoms with Crippen molar-refractivity contribution in [2.75, 3.05) is 6.61 Å².